The second kappa shape index (κ2) is 8.26. The molecular weight excluding hydrogens is 287 g/mol. The summed E-state index contributed by atoms with van der Waals surface area (Å²) in [6.45, 7) is 1.74. The first-order valence-electron chi connectivity index (χ1n) is 8.28. The average molecular weight is 314 g/mol. The van der Waals surface area contributed by atoms with Crippen molar-refractivity contribution >= 4 is 13.1 Å². The molecule has 5 heteroatoms. The van der Waals surface area contributed by atoms with Gasteiger partial charge >= 0.3 is 7.60 Å². The molecule has 0 N–H and O–H groups in total. The molecule has 2 aliphatic carbocycles. The summed E-state index contributed by atoms with van der Waals surface area (Å²) >= 11 is 0. The van der Waals surface area contributed by atoms with Crippen LogP contribution in [0.4, 0.5) is 0 Å². The molecule has 0 saturated heterocycles. The van der Waals surface area contributed by atoms with Gasteiger partial charge in [-0.15, -0.1) is 0 Å². The summed E-state index contributed by atoms with van der Waals surface area (Å²) in [5.41, 5.74) is -0.499. The van der Waals surface area contributed by atoms with Crippen molar-refractivity contribution in [2.24, 2.45) is 0 Å². The van der Waals surface area contributed by atoms with Gasteiger partial charge in [-0.3, -0.25) is 18.4 Å². The molecule has 2 fully saturated rings. The highest BCUT2D eigenvalue weighted by Crippen LogP contribution is 2.54. The Kier molecular flexibility index (Phi) is 6.66. The van der Waals surface area contributed by atoms with E-state index >= 15 is 0 Å². The van der Waals surface area contributed by atoms with E-state index in [0.29, 0.717) is 0 Å². The summed E-state index contributed by atoms with van der Waals surface area (Å²) in [5, 5.41) is 0. The fraction of sp³-hybridized carbons (Fsp3) is 0.812. The fourth-order valence-corrected chi connectivity index (χ4v) is 4.89. The van der Waals surface area contributed by atoms with Gasteiger partial charge in [0.2, 0.25) is 0 Å². The first-order valence-corrected chi connectivity index (χ1v) is 9.82. The molecule has 0 unspecified atom stereocenters. The molecule has 2 saturated carbocycles. The summed E-state index contributed by atoms with van der Waals surface area (Å²) < 4.78 is 24.5. The van der Waals surface area contributed by atoms with Crippen molar-refractivity contribution < 1.29 is 18.4 Å². The molecule has 2 rings (SSSR count). The minimum Gasteiger partial charge on any atom is -0.300 e. The Morgan fingerprint density at radius 2 is 1.33 bits per heavy atom. The molecule has 4 nitrogen and oxygen atoms in total. The number of rotatable bonds is 6. The van der Waals surface area contributed by atoms with E-state index in [1.807, 2.05) is 0 Å². The summed E-state index contributed by atoms with van der Waals surface area (Å²) in [7, 11) is -3.69. The maximum absolute atomic E-state index is 13.0. The van der Waals surface area contributed by atoms with Crippen molar-refractivity contribution in [3.05, 3.63) is 12.2 Å². The van der Waals surface area contributed by atoms with Crippen LogP contribution in [0.25, 0.3) is 0 Å². The first-order chi connectivity index (χ1) is 10.1. The molecule has 0 atom stereocenters. The van der Waals surface area contributed by atoms with Gasteiger partial charge < -0.3 is 0 Å². The lowest BCUT2D eigenvalue weighted by Gasteiger charge is -2.29. The molecule has 0 amide bonds. The van der Waals surface area contributed by atoms with Crippen molar-refractivity contribution in [3.63, 3.8) is 0 Å². The van der Waals surface area contributed by atoms with Crippen LogP contribution in [0.15, 0.2) is 12.2 Å². The van der Waals surface area contributed by atoms with E-state index in [2.05, 4.69) is 0 Å². The standard InChI is InChI=1S/C16H27O4P/c1-2-9-16(17)21(18,19-14-10-5-3-6-11-14)20-15-12-7-4-8-13-15/h2,9,14-15H,3-8,10-13H2,1H3. The second-order valence-electron chi connectivity index (χ2n) is 6.07. The Morgan fingerprint density at radius 1 is 0.905 bits per heavy atom. The normalized spacial score (nSPS) is 22.7. The van der Waals surface area contributed by atoms with Crippen LogP contribution in [0.2, 0.25) is 0 Å². The topological polar surface area (TPSA) is 52.6 Å². The van der Waals surface area contributed by atoms with E-state index in [1.54, 1.807) is 13.0 Å². The van der Waals surface area contributed by atoms with Gasteiger partial charge in [-0.05, 0) is 38.7 Å². The minimum atomic E-state index is -3.69. The van der Waals surface area contributed by atoms with Crippen molar-refractivity contribution in [2.75, 3.05) is 0 Å². The average Bonchev–Trinajstić information content (AvgIpc) is 2.49. The van der Waals surface area contributed by atoms with Crippen LogP contribution in [0.3, 0.4) is 0 Å². The summed E-state index contributed by atoms with van der Waals surface area (Å²) in [6, 6.07) is 0. The van der Waals surface area contributed by atoms with Gasteiger partial charge in [0.25, 0.3) is 5.52 Å². The number of hydrogen-bond acceptors (Lipinski definition) is 4. The second-order valence-corrected chi connectivity index (χ2v) is 7.92. The van der Waals surface area contributed by atoms with E-state index in [1.165, 1.54) is 18.9 Å². The Morgan fingerprint density at radius 3 is 1.71 bits per heavy atom. The third-order valence-electron chi connectivity index (χ3n) is 4.26. The molecule has 0 radical (unpaired) electrons. The van der Waals surface area contributed by atoms with Crippen LogP contribution < -0.4 is 0 Å². The van der Waals surface area contributed by atoms with Gasteiger partial charge in [0.1, 0.15) is 0 Å². The zero-order valence-corrected chi connectivity index (χ0v) is 13.9. The zero-order chi connectivity index (χ0) is 15.1. The van der Waals surface area contributed by atoms with Gasteiger partial charge in [0.05, 0.1) is 12.2 Å². The quantitative estimate of drug-likeness (QED) is 0.512. The van der Waals surface area contributed by atoms with Crippen molar-refractivity contribution in [1.82, 2.24) is 0 Å². The molecule has 0 bridgehead atoms. The van der Waals surface area contributed by atoms with E-state index in [0.717, 1.165) is 51.4 Å². The zero-order valence-electron chi connectivity index (χ0n) is 13.0. The van der Waals surface area contributed by atoms with Crippen LogP contribution in [0.5, 0.6) is 0 Å². The van der Waals surface area contributed by atoms with Gasteiger partial charge in [-0.25, -0.2) is 0 Å². The van der Waals surface area contributed by atoms with Crippen LogP contribution in [0.1, 0.15) is 71.1 Å². The predicted molar refractivity (Wildman–Crippen MR) is 83.3 cm³/mol. The molecule has 0 aromatic heterocycles. The largest absolute Gasteiger partial charge is 0.401 e. The lowest BCUT2D eigenvalue weighted by Crippen LogP contribution is -2.22. The van der Waals surface area contributed by atoms with Crippen molar-refractivity contribution in [3.8, 4) is 0 Å². The number of carbonyl (C=O) groups is 1. The lowest BCUT2D eigenvalue weighted by molar-refractivity contribution is -0.110. The molecule has 0 heterocycles. The Balaban J connectivity index is 2.04. The highest BCUT2D eigenvalue weighted by Gasteiger charge is 2.39. The third-order valence-corrected chi connectivity index (χ3v) is 6.10. The van der Waals surface area contributed by atoms with Crippen molar-refractivity contribution in [1.29, 1.82) is 0 Å². The first kappa shape index (κ1) is 16.9. The summed E-state index contributed by atoms with van der Waals surface area (Å²) in [4.78, 5) is 12.2. The van der Waals surface area contributed by atoms with E-state index < -0.39 is 13.1 Å². The van der Waals surface area contributed by atoms with Crippen LogP contribution in [0, 0.1) is 0 Å². The molecule has 0 aliphatic heterocycles. The molecule has 2 aliphatic rings. The summed E-state index contributed by atoms with van der Waals surface area (Å²) in [5.74, 6) is 0. The van der Waals surface area contributed by atoms with Gasteiger partial charge in [0.15, 0.2) is 0 Å². The molecule has 120 valence electrons. The lowest BCUT2D eigenvalue weighted by atomic mass is 9.98. The molecular formula is C16H27O4P. The predicted octanol–water partition coefficient (Wildman–Crippen LogP) is 4.98. The van der Waals surface area contributed by atoms with E-state index in [-0.39, 0.29) is 12.2 Å². The maximum atomic E-state index is 13.0. The fourth-order valence-electron chi connectivity index (χ4n) is 3.10. The molecule has 0 aromatic carbocycles. The SMILES string of the molecule is CC=CC(=O)P(=O)(OC1CCCCC1)OC1CCCCC1. The molecule has 0 spiro atoms. The van der Waals surface area contributed by atoms with Crippen LogP contribution >= 0.6 is 7.60 Å². The monoisotopic (exact) mass is 314 g/mol. The van der Waals surface area contributed by atoms with Gasteiger partial charge in [-0.2, -0.15) is 0 Å². The van der Waals surface area contributed by atoms with Gasteiger partial charge in [-0.1, -0.05) is 44.6 Å². The summed E-state index contributed by atoms with van der Waals surface area (Å²) in [6.07, 6.45) is 12.9. The highest BCUT2D eigenvalue weighted by molar-refractivity contribution is 7.72. The third kappa shape index (κ3) is 5.05. The Hall–Kier alpha value is -0.440. The Labute approximate surface area is 127 Å². The maximum Gasteiger partial charge on any atom is 0.401 e. The number of hydrogen-bond donors (Lipinski definition) is 0. The van der Waals surface area contributed by atoms with Gasteiger partial charge in [0, 0.05) is 0 Å². The van der Waals surface area contributed by atoms with Crippen molar-refractivity contribution in [2.45, 2.75) is 83.3 Å². The number of carbonyl (C=O) groups excluding carboxylic acids is 1. The van der Waals surface area contributed by atoms with Crippen LogP contribution in [-0.4, -0.2) is 17.7 Å². The molecule has 0 aromatic rings. The van der Waals surface area contributed by atoms with E-state index in [4.69, 9.17) is 9.05 Å². The number of allylic oxidation sites excluding steroid dienone is 2. The smallest absolute Gasteiger partial charge is 0.300 e. The van der Waals surface area contributed by atoms with E-state index in [9.17, 15) is 9.36 Å². The Bertz CT molecular complexity index is 383. The highest BCUT2D eigenvalue weighted by atomic mass is 31.2. The molecule has 21 heavy (non-hydrogen) atoms. The van der Waals surface area contributed by atoms with Crippen LogP contribution in [-0.2, 0) is 18.4 Å². The minimum absolute atomic E-state index is 0.0950.